The fraction of sp³-hybridized carbons (Fsp3) is 0.714. The number of allylic oxidation sites excluding steroid dienone is 1. The van der Waals surface area contributed by atoms with Crippen molar-refractivity contribution in [3.8, 4) is 0 Å². The van der Waals surface area contributed by atoms with Gasteiger partial charge >= 0.3 is 0 Å². The van der Waals surface area contributed by atoms with Gasteiger partial charge in [-0.1, -0.05) is 51.5 Å². The Morgan fingerprint density at radius 3 is 2.79 bits per heavy atom. The molecule has 1 aliphatic rings. The first-order chi connectivity index (χ1) is 11.6. The van der Waals surface area contributed by atoms with E-state index in [0.717, 1.165) is 25.2 Å². The summed E-state index contributed by atoms with van der Waals surface area (Å²) in [6.07, 6.45) is 18.5. The Balaban J connectivity index is 1.67. The predicted octanol–water partition coefficient (Wildman–Crippen LogP) is 5.54. The average molecular weight is 350 g/mol. The molecule has 1 saturated carbocycles. The van der Waals surface area contributed by atoms with Crippen molar-refractivity contribution in [1.82, 2.24) is 0 Å². The highest BCUT2D eigenvalue weighted by atomic mass is 32.1. The van der Waals surface area contributed by atoms with Gasteiger partial charge in [-0.05, 0) is 56.2 Å². The molecule has 2 rings (SSSR count). The van der Waals surface area contributed by atoms with Gasteiger partial charge in [-0.3, -0.25) is 0 Å². The van der Waals surface area contributed by atoms with Crippen LogP contribution in [-0.2, 0) is 6.42 Å². The molecule has 1 aromatic heterocycles. The fourth-order valence-electron chi connectivity index (χ4n) is 3.56. The third-order valence-corrected chi connectivity index (χ3v) is 6.67. The number of aliphatic hydroxyl groups excluding tert-OH is 1. The maximum absolute atomic E-state index is 9.40. The van der Waals surface area contributed by atoms with Crippen LogP contribution in [0.1, 0.15) is 80.9 Å². The molecule has 0 saturated heterocycles. The van der Waals surface area contributed by atoms with Gasteiger partial charge < -0.3 is 10.8 Å². The Kier molecular flexibility index (Phi) is 8.51. The molecular weight excluding hydrogens is 314 g/mol. The first-order valence-corrected chi connectivity index (χ1v) is 10.6. The van der Waals surface area contributed by atoms with Crippen molar-refractivity contribution in [3.63, 3.8) is 0 Å². The first kappa shape index (κ1) is 19.7. The van der Waals surface area contributed by atoms with Gasteiger partial charge in [-0.15, -0.1) is 11.3 Å². The molecule has 0 spiro atoms. The van der Waals surface area contributed by atoms with Gasteiger partial charge in [0.2, 0.25) is 0 Å². The van der Waals surface area contributed by atoms with E-state index in [4.69, 9.17) is 5.73 Å². The maximum atomic E-state index is 9.40. The van der Waals surface area contributed by atoms with Gasteiger partial charge in [-0.25, -0.2) is 0 Å². The van der Waals surface area contributed by atoms with Crippen molar-refractivity contribution in [2.45, 2.75) is 83.1 Å². The third kappa shape index (κ3) is 6.70. The van der Waals surface area contributed by atoms with Gasteiger partial charge in [0.25, 0.3) is 0 Å². The summed E-state index contributed by atoms with van der Waals surface area (Å²) in [6, 6.07) is 4.42. The second kappa shape index (κ2) is 10.4. The van der Waals surface area contributed by atoms with Crippen LogP contribution in [0.3, 0.4) is 0 Å². The number of nitrogens with two attached hydrogens (primary N) is 1. The van der Waals surface area contributed by atoms with Crippen molar-refractivity contribution in [3.05, 3.63) is 28.0 Å². The summed E-state index contributed by atoms with van der Waals surface area (Å²) >= 11 is 1.86. The number of hydrogen-bond donors (Lipinski definition) is 2. The van der Waals surface area contributed by atoms with Crippen molar-refractivity contribution in [2.75, 3.05) is 6.61 Å². The predicted molar refractivity (Wildman–Crippen MR) is 106 cm³/mol. The highest BCUT2D eigenvalue weighted by Gasteiger charge is 2.21. The van der Waals surface area contributed by atoms with Crippen LogP contribution >= 0.6 is 11.3 Å². The van der Waals surface area contributed by atoms with Crippen LogP contribution in [0.25, 0.3) is 6.08 Å². The zero-order chi connectivity index (χ0) is 17.3. The second-order valence-corrected chi connectivity index (χ2v) is 8.72. The molecule has 3 N–H and O–H groups in total. The van der Waals surface area contributed by atoms with Gasteiger partial charge in [0.1, 0.15) is 0 Å². The third-order valence-electron chi connectivity index (χ3n) is 5.56. The zero-order valence-corrected chi connectivity index (χ0v) is 16.1. The van der Waals surface area contributed by atoms with Crippen LogP contribution in [0.2, 0.25) is 0 Å². The van der Waals surface area contributed by atoms with Gasteiger partial charge in [0.05, 0.1) is 6.61 Å². The molecule has 0 aliphatic heterocycles. The summed E-state index contributed by atoms with van der Waals surface area (Å²) in [7, 11) is 0. The molecule has 0 bridgehead atoms. The summed E-state index contributed by atoms with van der Waals surface area (Å²) in [5, 5.41) is 9.40. The van der Waals surface area contributed by atoms with E-state index in [1.54, 1.807) is 0 Å². The molecular formula is C21H35NOS. The first-order valence-electron chi connectivity index (χ1n) is 9.80. The molecule has 136 valence electrons. The minimum Gasteiger partial charge on any atom is -0.394 e. The second-order valence-electron chi connectivity index (χ2n) is 7.52. The maximum Gasteiger partial charge on any atom is 0.0611 e. The Hall–Kier alpha value is -0.640. The standard InChI is InChI=1S/C21H35NOS/c1-2-21(22,17-23)16-15-20-14-13-19(24-20)12-8-4-7-11-18-9-5-3-6-10-18/h8,12-14,18,23H,2-7,9-11,15-17,22H2,1H3/b12-8+. The Morgan fingerprint density at radius 1 is 1.29 bits per heavy atom. The molecule has 1 heterocycles. The van der Waals surface area contributed by atoms with E-state index in [9.17, 15) is 5.11 Å². The minimum atomic E-state index is -0.418. The van der Waals surface area contributed by atoms with Crippen LogP contribution < -0.4 is 5.73 Å². The largest absolute Gasteiger partial charge is 0.394 e. The lowest BCUT2D eigenvalue weighted by molar-refractivity contribution is 0.183. The van der Waals surface area contributed by atoms with Crippen LogP contribution in [-0.4, -0.2) is 17.3 Å². The fourth-order valence-corrected chi connectivity index (χ4v) is 4.50. The van der Waals surface area contributed by atoms with Crippen LogP contribution in [0, 0.1) is 5.92 Å². The Bertz CT molecular complexity index is 484. The molecule has 0 aromatic carbocycles. The van der Waals surface area contributed by atoms with Crippen molar-refractivity contribution in [1.29, 1.82) is 0 Å². The van der Waals surface area contributed by atoms with Crippen LogP contribution in [0.4, 0.5) is 0 Å². The lowest BCUT2D eigenvalue weighted by Gasteiger charge is -2.25. The molecule has 1 fully saturated rings. The van der Waals surface area contributed by atoms with E-state index in [1.165, 1.54) is 61.1 Å². The lowest BCUT2D eigenvalue weighted by atomic mass is 9.86. The summed E-state index contributed by atoms with van der Waals surface area (Å²) in [4.78, 5) is 2.71. The number of unbranched alkanes of at least 4 members (excludes halogenated alkanes) is 1. The van der Waals surface area contributed by atoms with Gasteiger partial charge in [0, 0.05) is 15.3 Å². The normalized spacial score (nSPS) is 19.0. The van der Waals surface area contributed by atoms with E-state index in [0.29, 0.717) is 0 Å². The molecule has 1 atom stereocenters. The minimum absolute atomic E-state index is 0.0721. The average Bonchev–Trinajstić information content (AvgIpc) is 3.08. The smallest absolute Gasteiger partial charge is 0.0611 e. The molecule has 24 heavy (non-hydrogen) atoms. The summed E-state index contributed by atoms with van der Waals surface area (Å²) in [5.74, 6) is 1.00. The lowest BCUT2D eigenvalue weighted by Crippen LogP contribution is -2.43. The van der Waals surface area contributed by atoms with Crippen LogP contribution in [0.5, 0.6) is 0 Å². The van der Waals surface area contributed by atoms with Crippen LogP contribution in [0.15, 0.2) is 18.2 Å². The monoisotopic (exact) mass is 349 g/mol. The number of thiophene rings is 1. The van der Waals surface area contributed by atoms with E-state index in [1.807, 2.05) is 18.3 Å². The molecule has 0 radical (unpaired) electrons. The van der Waals surface area contributed by atoms with E-state index in [2.05, 4.69) is 24.3 Å². The van der Waals surface area contributed by atoms with Gasteiger partial charge in [0.15, 0.2) is 0 Å². The summed E-state index contributed by atoms with van der Waals surface area (Å²) < 4.78 is 0. The van der Waals surface area contributed by atoms with Crippen molar-refractivity contribution < 1.29 is 5.11 Å². The van der Waals surface area contributed by atoms with E-state index < -0.39 is 5.54 Å². The van der Waals surface area contributed by atoms with E-state index in [-0.39, 0.29) is 6.61 Å². The van der Waals surface area contributed by atoms with Gasteiger partial charge in [-0.2, -0.15) is 0 Å². The molecule has 0 amide bonds. The highest BCUT2D eigenvalue weighted by molar-refractivity contribution is 7.12. The Morgan fingerprint density at radius 2 is 2.08 bits per heavy atom. The number of aliphatic hydroxyl groups is 1. The molecule has 2 nitrogen and oxygen atoms in total. The highest BCUT2D eigenvalue weighted by Crippen LogP contribution is 2.28. The van der Waals surface area contributed by atoms with Crippen molar-refractivity contribution in [2.24, 2.45) is 11.7 Å². The number of aryl methyl sites for hydroxylation is 1. The SMILES string of the molecule is CCC(N)(CO)CCc1ccc(/C=C/CCCC2CCCCC2)s1. The topological polar surface area (TPSA) is 46.2 Å². The zero-order valence-electron chi connectivity index (χ0n) is 15.3. The van der Waals surface area contributed by atoms with E-state index >= 15 is 0 Å². The quantitative estimate of drug-likeness (QED) is 0.544. The van der Waals surface area contributed by atoms with Crippen molar-refractivity contribution >= 4 is 17.4 Å². The Labute approximate surface area is 152 Å². The summed E-state index contributed by atoms with van der Waals surface area (Å²) in [5.41, 5.74) is 5.75. The summed E-state index contributed by atoms with van der Waals surface area (Å²) in [6.45, 7) is 2.12. The molecule has 1 aliphatic carbocycles. The number of rotatable bonds is 10. The molecule has 1 aromatic rings. The molecule has 1 unspecified atom stereocenters. The molecule has 3 heteroatoms. The number of hydrogen-bond acceptors (Lipinski definition) is 3.